The molecule has 0 radical (unpaired) electrons. The Morgan fingerprint density at radius 3 is 2.81 bits per heavy atom. The molecule has 5 heteroatoms. The Morgan fingerprint density at radius 1 is 1.33 bits per heavy atom. The Bertz CT molecular complexity index is 471. The van der Waals surface area contributed by atoms with Crippen LogP contribution in [0.3, 0.4) is 0 Å². The second kappa shape index (κ2) is 7.88. The number of piperidine rings is 1. The number of carbonyl (C=O) groups is 1. The third kappa shape index (κ3) is 4.63. The van der Waals surface area contributed by atoms with Gasteiger partial charge in [0.05, 0.1) is 12.2 Å². The summed E-state index contributed by atoms with van der Waals surface area (Å²) in [6.45, 7) is 6.42. The van der Waals surface area contributed by atoms with Gasteiger partial charge in [0.25, 0.3) is 0 Å². The molecule has 0 unspecified atom stereocenters. The molecule has 1 fully saturated rings. The van der Waals surface area contributed by atoms with Crippen LogP contribution in [-0.4, -0.2) is 43.7 Å². The zero-order valence-electron chi connectivity index (χ0n) is 12.7. The maximum absolute atomic E-state index is 11.8. The quantitative estimate of drug-likeness (QED) is 0.622. The van der Waals surface area contributed by atoms with Crippen molar-refractivity contribution in [2.24, 2.45) is 0 Å². The Kier molecular flexibility index (Phi) is 5.87. The lowest BCUT2D eigenvalue weighted by Crippen LogP contribution is -2.33. The van der Waals surface area contributed by atoms with E-state index in [9.17, 15) is 4.79 Å². The van der Waals surface area contributed by atoms with Crippen molar-refractivity contribution in [2.45, 2.75) is 26.2 Å². The minimum absolute atomic E-state index is 0.352. The molecule has 5 nitrogen and oxygen atoms in total. The van der Waals surface area contributed by atoms with Gasteiger partial charge in [-0.25, -0.2) is 4.79 Å². The van der Waals surface area contributed by atoms with Crippen LogP contribution in [0, 0.1) is 0 Å². The minimum atomic E-state index is -0.366. The maximum atomic E-state index is 11.8. The lowest BCUT2D eigenvalue weighted by Gasteiger charge is -2.26. The first-order valence-electron chi connectivity index (χ1n) is 7.73. The van der Waals surface area contributed by atoms with Gasteiger partial charge in [0.2, 0.25) is 0 Å². The second-order valence-corrected chi connectivity index (χ2v) is 5.35. The van der Waals surface area contributed by atoms with Crippen molar-refractivity contribution in [2.75, 3.05) is 43.8 Å². The van der Waals surface area contributed by atoms with Crippen molar-refractivity contribution < 1.29 is 9.53 Å². The van der Waals surface area contributed by atoms with Crippen LogP contribution in [0.1, 0.15) is 36.5 Å². The Balaban J connectivity index is 1.88. The lowest BCUT2D eigenvalue weighted by atomic mass is 10.1. The van der Waals surface area contributed by atoms with Crippen LogP contribution < -0.4 is 11.1 Å². The van der Waals surface area contributed by atoms with Crippen LogP contribution in [0.5, 0.6) is 0 Å². The molecule has 116 valence electrons. The SMILES string of the molecule is CCOC(=O)c1cc(NCCN2CCCCC2)ccc1N. The number of hydrogen-bond donors (Lipinski definition) is 2. The molecule has 0 atom stereocenters. The summed E-state index contributed by atoms with van der Waals surface area (Å²) in [5, 5.41) is 3.35. The minimum Gasteiger partial charge on any atom is -0.462 e. The van der Waals surface area contributed by atoms with Gasteiger partial charge in [-0.2, -0.15) is 0 Å². The van der Waals surface area contributed by atoms with E-state index in [0.717, 1.165) is 18.8 Å². The van der Waals surface area contributed by atoms with Crippen LogP contribution in [0.15, 0.2) is 18.2 Å². The van der Waals surface area contributed by atoms with Gasteiger partial charge in [-0.3, -0.25) is 0 Å². The van der Waals surface area contributed by atoms with Crippen molar-refractivity contribution in [3.63, 3.8) is 0 Å². The van der Waals surface area contributed by atoms with Crippen molar-refractivity contribution in [1.29, 1.82) is 0 Å². The number of ether oxygens (including phenoxy) is 1. The fourth-order valence-corrected chi connectivity index (χ4v) is 2.59. The van der Waals surface area contributed by atoms with Gasteiger partial charge < -0.3 is 20.7 Å². The summed E-state index contributed by atoms with van der Waals surface area (Å²) in [7, 11) is 0. The smallest absolute Gasteiger partial charge is 0.340 e. The molecule has 0 amide bonds. The third-order valence-electron chi connectivity index (χ3n) is 3.75. The number of hydrogen-bond acceptors (Lipinski definition) is 5. The van der Waals surface area contributed by atoms with Crippen LogP contribution >= 0.6 is 0 Å². The van der Waals surface area contributed by atoms with Crippen molar-refractivity contribution in [1.82, 2.24) is 4.90 Å². The molecule has 1 aliphatic rings. The summed E-state index contributed by atoms with van der Waals surface area (Å²) in [6, 6.07) is 5.41. The predicted octanol–water partition coefficient (Wildman–Crippen LogP) is 2.34. The number of likely N-dealkylation sites (tertiary alicyclic amines) is 1. The fourth-order valence-electron chi connectivity index (χ4n) is 2.59. The predicted molar refractivity (Wildman–Crippen MR) is 85.6 cm³/mol. The first-order chi connectivity index (χ1) is 10.2. The molecule has 0 bridgehead atoms. The molecule has 2 rings (SSSR count). The van der Waals surface area contributed by atoms with E-state index in [4.69, 9.17) is 10.5 Å². The zero-order chi connectivity index (χ0) is 15.1. The number of anilines is 2. The highest BCUT2D eigenvalue weighted by Gasteiger charge is 2.12. The number of nitrogens with two attached hydrogens (primary N) is 1. The van der Waals surface area contributed by atoms with E-state index < -0.39 is 0 Å². The molecule has 1 aromatic rings. The number of nitrogens with one attached hydrogen (secondary N) is 1. The summed E-state index contributed by atoms with van der Waals surface area (Å²) >= 11 is 0. The van der Waals surface area contributed by atoms with E-state index in [1.54, 1.807) is 19.1 Å². The Labute approximate surface area is 126 Å². The third-order valence-corrected chi connectivity index (χ3v) is 3.75. The molecular formula is C16H25N3O2. The second-order valence-electron chi connectivity index (χ2n) is 5.35. The molecular weight excluding hydrogens is 266 g/mol. The molecule has 1 aliphatic heterocycles. The van der Waals surface area contributed by atoms with Gasteiger partial charge in [0.1, 0.15) is 0 Å². The van der Waals surface area contributed by atoms with Crippen LogP contribution in [-0.2, 0) is 4.74 Å². The van der Waals surface area contributed by atoms with Gasteiger partial charge in [-0.05, 0) is 51.1 Å². The normalized spacial score (nSPS) is 15.7. The summed E-state index contributed by atoms with van der Waals surface area (Å²) in [4.78, 5) is 14.3. The fraction of sp³-hybridized carbons (Fsp3) is 0.562. The van der Waals surface area contributed by atoms with Crippen molar-refractivity contribution >= 4 is 17.3 Å². The van der Waals surface area contributed by atoms with Gasteiger partial charge in [0.15, 0.2) is 0 Å². The standard InChI is InChI=1S/C16H25N3O2/c1-2-21-16(20)14-12-13(6-7-15(14)17)18-8-11-19-9-4-3-5-10-19/h6-7,12,18H,2-5,8-11,17H2,1H3. The number of rotatable bonds is 6. The molecule has 1 aromatic carbocycles. The Hall–Kier alpha value is -1.75. The molecule has 1 heterocycles. The maximum Gasteiger partial charge on any atom is 0.340 e. The van der Waals surface area contributed by atoms with Crippen LogP contribution in [0.2, 0.25) is 0 Å². The molecule has 0 aromatic heterocycles. The van der Waals surface area contributed by atoms with E-state index in [-0.39, 0.29) is 5.97 Å². The highest BCUT2D eigenvalue weighted by molar-refractivity contribution is 5.96. The van der Waals surface area contributed by atoms with E-state index in [2.05, 4.69) is 10.2 Å². The first-order valence-corrected chi connectivity index (χ1v) is 7.73. The molecule has 1 saturated heterocycles. The van der Waals surface area contributed by atoms with Gasteiger partial charge in [0, 0.05) is 24.5 Å². The van der Waals surface area contributed by atoms with Crippen LogP contribution in [0.4, 0.5) is 11.4 Å². The van der Waals surface area contributed by atoms with Gasteiger partial charge in [-0.1, -0.05) is 6.42 Å². The Morgan fingerprint density at radius 2 is 2.10 bits per heavy atom. The monoisotopic (exact) mass is 291 g/mol. The van der Waals surface area contributed by atoms with E-state index in [1.165, 1.54) is 32.4 Å². The first kappa shape index (κ1) is 15.6. The average molecular weight is 291 g/mol. The number of carbonyl (C=O) groups excluding carboxylic acids is 1. The van der Waals surface area contributed by atoms with Crippen molar-refractivity contribution in [3.8, 4) is 0 Å². The largest absolute Gasteiger partial charge is 0.462 e. The molecule has 0 spiro atoms. The number of nitrogens with zero attached hydrogens (tertiary/aromatic N) is 1. The summed E-state index contributed by atoms with van der Waals surface area (Å²) in [6.07, 6.45) is 3.95. The van der Waals surface area contributed by atoms with Crippen molar-refractivity contribution in [3.05, 3.63) is 23.8 Å². The van der Waals surface area contributed by atoms with Gasteiger partial charge in [-0.15, -0.1) is 0 Å². The van der Waals surface area contributed by atoms with E-state index >= 15 is 0 Å². The average Bonchev–Trinajstić information content (AvgIpc) is 2.50. The highest BCUT2D eigenvalue weighted by Crippen LogP contribution is 2.19. The summed E-state index contributed by atoms with van der Waals surface area (Å²) in [5.74, 6) is -0.366. The number of esters is 1. The molecule has 0 aliphatic carbocycles. The topological polar surface area (TPSA) is 67.6 Å². The number of nitrogen functional groups attached to an aromatic ring is 1. The summed E-state index contributed by atoms with van der Waals surface area (Å²) < 4.78 is 5.01. The highest BCUT2D eigenvalue weighted by atomic mass is 16.5. The molecule has 0 saturated carbocycles. The summed E-state index contributed by atoms with van der Waals surface area (Å²) in [5.41, 5.74) is 7.62. The van der Waals surface area contributed by atoms with E-state index in [0.29, 0.717) is 17.9 Å². The molecule has 3 N–H and O–H groups in total. The molecule has 21 heavy (non-hydrogen) atoms. The lowest BCUT2D eigenvalue weighted by molar-refractivity contribution is 0.0527. The van der Waals surface area contributed by atoms with E-state index in [1.807, 2.05) is 6.07 Å². The van der Waals surface area contributed by atoms with Gasteiger partial charge >= 0.3 is 5.97 Å². The van der Waals surface area contributed by atoms with Crippen LogP contribution in [0.25, 0.3) is 0 Å². The zero-order valence-corrected chi connectivity index (χ0v) is 12.7. The number of benzene rings is 1.